The van der Waals surface area contributed by atoms with Crippen molar-refractivity contribution in [3.05, 3.63) is 53.1 Å². The molecule has 2 amide bonds. The van der Waals surface area contributed by atoms with Crippen molar-refractivity contribution < 1.29 is 18.0 Å². The van der Waals surface area contributed by atoms with Gasteiger partial charge in [-0.25, -0.2) is 8.42 Å². The molecule has 0 spiro atoms. The van der Waals surface area contributed by atoms with Crippen molar-refractivity contribution in [3.8, 4) is 0 Å². The molecule has 200 valence electrons. The van der Waals surface area contributed by atoms with Gasteiger partial charge in [0.1, 0.15) is 0 Å². The van der Waals surface area contributed by atoms with E-state index in [4.69, 9.17) is 11.6 Å². The van der Waals surface area contributed by atoms with Crippen molar-refractivity contribution in [2.24, 2.45) is 5.92 Å². The number of anilines is 2. The molecule has 37 heavy (non-hydrogen) atoms. The van der Waals surface area contributed by atoms with E-state index in [2.05, 4.69) is 22.2 Å². The lowest BCUT2D eigenvalue weighted by atomic mass is 9.92. The molecule has 2 heterocycles. The molecule has 1 N–H and O–H groups in total. The number of nitrogens with one attached hydrogen (secondary N) is 1. The average Bonchev–Trinajstić information content (AvgIpc) is 3.08. The van der Waals surface area contributed by atoms with Gasteiger partial charge in [-0.15, -0.1) is 0 Å². The van der Waals surface area contributed by atoms with Crippen LogP contribution in [0.2, 0.25) is 5.02 Å². The molecule has 0 bridgehead atoms. The summed E-state index contributed by atoms with van der Waals surface area (Å²) in [7, 11) is -1.36. The van der Waals surface area contributed by atoms with Crippen molar-refractivity contribution in [1.29, 1.82) is 0 Å². The maximum Gasteiger partial charge on any atom is 0.255 e. The summed E-state index contributed by atoms with van der Waals surface area (Å²) in [5, 5.41) is 3.34. The Kier molecular flexibility index (Phi) is 8.77. The third kappa shape index (κ3) is 7.24. The monoisotopic (exact) mass is 546 g/mol. The standard InChI is InChI=1S/C27H35ClN4O4S/c1-30-11-4-12-32(16-15-30)26(33)17-20-9-13-31(14-10-20)25-8-7-23(37(2,35)36)19-24(25)29-27(34)21-5-3-6-22(28)18-21/h3,5-8,18-20H,4,9-17H2,1-2H3,(H,29,34). The highest BCUT2D eigenvalue weighted by Crippen LogP contribution is 2.33. The summed E-state index contributed by atoms with van der Waals surface area (Å²) in [6.45, 7) is 4.99. The van der Waals surface area contributed by atoms with E-state index in [0.717, 1.165) is 70.5 Å². The van der Waals surface area contributed by atoms with Crippen LogP contribution in [-0.4, -0.2) is 82.6 Å². The molecule has 10 heteroatoms. The number of halogens is 1. The molecule has 2 aliphatic heterocycles. The number of hydrogen-bond donors (Lipinski definition) is 1. The van der Waals surface area contributed by atoms with Gasteiger partial charge in [-0.3, -0.25) is 9.59 Å². The Morgan fingerprint density at radius 1 is 1.00 bits per heavy atom. The molecule has 2 aromatic carbocycles. The van der Waals surface area contributed by atoms with Crippen LogP contribution in [0.25, 0.3) is 0 Å². The number of likely N-dealkylation sites (N-methyl/N-ethyl adjacent to an activating group) is 1. The van der Waals surface area contributed by atoms with Gasteiger partial charge in [0, 0.05) is 56.0 Å². The highest BCUT2D eigenvalue weighted by atomic mass is 35.5. The zero-order valence-corrected chi connectivity index (χ0v) is 23.0. The van der Waals surface area contributed by atoms with Gasteiger partial charge in [-0.05, 0) is 75.2 Å². The van der Waals surface area contributed by atoms with Crippen molar-refractivity contribution in [2.75, 3.05) is 62.8 Å². The molecule has 0 aliphatic carbocycles. The molecule has 0 aromatic heterocycles. The van der Waals surface area contributed by atoms with Crippen LogP contribution in [0.3, 0.4) is 0 Å². The second kappa shape index (κ2) is 11.8. The SMILES string of the molecule is CN1CCCN(C(=O)CC2CCN(c3ccc(S(C)(=O)=O)cc3NC(=O)c3cccc(Cl)c3)CC2)CC1. The lowest BCUT2D eigenvalue weighted by Gasteiger charge is -2.35. The zero-order chi connectivity index (χ0) is 26.6. The molecule has 2 aliphatic rings. The van der Waals surface area contributed by atoms with Crippen LogP contribution in [-0.2, 0) is 14.6 Å². The molecular formula is C27H35ClN4O4S. The van der Waals surface area contributed by atoms with E-state index in [-0.39, 0.29) is 16.7 Å². The predicted octanol–water partition coefficient (Wildman–Crippen LogP) is 3.77. The summed E-state index contributed by atoms with van der Waals surface area (Å²) in [6, 6.07) is 11.5. The second-order valence-electron chi connectivity index (χ2n) is 10.1. The number of piperidine rings is 1. The highest BCUT2D eigenvalue weighted by molar-refractivity contribution is 7.90. The fourth-order valence-corrected chi connectivity index (χ4v) is 5.83. The van der Waals surface area contributed by atoms with Crippen LogP contribution in [0.15, 0.2) is 47.4 Å². The third-order valence-electron chi connectivity index (χ3n) is 7.22. The molecular weight excluding hydrogens is 512 g/mol. The first-order valence-electron chi connectivity index (χ1n) is 12.7. The Morgan fingerprint density at radius 2 is 1.76 bits per heavy atom. The van der Waals surface area contributed by atoms with E-state index < -0.39 is 9.84 Å². The second-order valence-corrected chi connectivity index (χ2v) is 12.5. The Morgan fingerprint density at radius 3 is 2.46 bits per heavy atom. The average molecular weight is 547 g/mol. The van der Waals surface area contributed by atoms with Crippen LogP contribution in [0.4, 0.5) is 11.4 Å². The number of amides is 2. The summed E-state index contributed by atoms with van der Waals surface area (Å²) in [4.78, 5) is 32.4. The van der Waals surface area contributed by atoms with E-state index in [1.54, 1.807) is 36.4 Å². The van der Waals surface area contributed by atoms with Gasteiger partial charge < -0.3 is 20.0 Å². The topological polar surface area (TPSA) is 90.0 Å². The summed E-state index contributed by atoms with van der Waals surface area (Å²) in [5.41, 5.74) is 1.60. The highest BCUT2D eigenvalue weighted by Gasteiger charge is 2.27. The van der Waals surface area contributed by atoms with E-state index in [0.29, 0.717) is 28.6 Å². The van der Waals surface area contributed by atoms with Crippen LogP contribution in [0.5, 0.6) is 0 Å². The van der Waals surface area contributed by atoms with Gasteiger partial charge in [0.05, 0.1) is 16.3 Å². The fourth-order valence-electron chi connectivity index (χ4n) is 5.00. The number of rotatable bonds is 6. The minimum Gasteiger partial charge on any atom is -0.370 e. The number of nitrogens with zero attached hydrogens (tertiary/aromatic N) is 3. The van der Waals surface area contributed by atoms with E-state index >= 15 is 0 Å². The molecule has 0 atom stereocenters. The smallest absolute Gasteiger partial charge is 0.255 e. The van der Waals surface area contributed by atoms with Crippen LogP contribution in [0.1, 0.15) is 36.0 Å². The van der Waals surface area contributed by atoms with Gasteiger partial charge in [0.2, 0.25) is 5.91 Å². The summed E-state index contributed by atoms with van der Waals surface area (Å²) in [5.74, 6) is 0.184. The Bertz CT molecular complexity index is 1240. The zero-order valence-electron chi connectivity index (χ0n) is 21.5. The summed E-state index contributed by atoms with van der Waals surface area (Å²) < 4.78 is 24.4. The molecule has 4 rings (SSSR count). The first-order chi connectivity index (χ1) is 17.6. The van der Waals surface area contributed by atoms with Crippen molar-refractivity contribution in [3.63, 3.8) is 0 Å². The molecule has 2 aromatic rings. The number of benzene rings is 2. The van der Waals surface area contributed by atoms with Crippen LogP contribution >= 0.6 is 11.6 Å². The number of sulfone groups is 1. The molecule has 0 unspecified atom stereocenters. The lowest BCUT2D eigenvalue weighted by molar-refractivity contribution is -0.132. The van der Waals surface area contributed by atoms with Crippen molar-refractivity contribution in [1.82, 2.24) is 9.80 Å². The Labute approximate surface area is 224 Å². The first kappa shape index (κ1) is 27.4. The molecule has 0 saturated carbocycles. The van der Waals surface area contributed by atoms with Gasteiger partial charge >= 0.3 is 0 Å². The number of carbonyl (C=O) groups excluding carboxylic acids is 2. The van der Waals surface area contributed by atoms with Crippen molar-refractivity contribution in [2.45, 2.75) is 30.6 Å². The molecule has 8 nitrogen and oxygen atoms in total. The molecule has 0 radical (unpaired) electrons. The van der Waals surface area contributed by atoms with Crippen LogP contribution < -0.4 is 10.2 Å². The van der Waals surface area contributed by atoms with Gasteiger partial charge in [-0.2, -0.15) is 0 Å². The Hall–Kier alpha value is -2.62. The van der Waals surface area contributed by atoms with E-state index in [1.807, 2.05) is 4.90 Å². The quantitative estimate of drug-likeness (QED) is 0.593. The third-order valence-corrected chi connectivity index (χ3v) is 8.57. The minimum absolute atomic E-state index is 0.140. The number of carbonyl (C=O) groups is 2. The van der Waals surface area contributed by atoms with E-state index in [9.17, 15) is 18.0 Å². The maximum absolute atomic E-state index is 12.9. The largest absolute Gasteiger partial charge is 0.370 e. The molecule has 2 fully saturated rings. The minimum atomic E-state index is -3.46. The van der Waals surface area contributed by atoms with Crippen molar-refractivity contribution >= 4 is 44.6 Å². The maximum atomic E-state index is 12.9. The van der Waals surface area contributed by atoms with Gasteiger partial charge in [-0.1, -0.05) is 17.7 Å². The number of hydrogen-bond acceptors (Lipinski definition) is 6. The molecule has 2 saturated heterocycles. The lowest BCUT2D eigenvalue weighted by Crippen LogP contribution is -2.39. The summed E-state index contributed by atoms with van der Waals surface area (Å²) >= 11 is 6.05. The van der Waals surface area contributed by atoms with Gasteiger partial charge in [0.25, 0.3) is 5.91 Å². The van der Waals surface area contributed by atoms with Gasteiger partial charge in [0.15, 0.2) is 9.84 Å². The summed E-state index contributed by atoms with van der Waals surface area (Å²) in [6.07, 6.45) is 4.43. The fraction of sp³-hybridized carbons (Fsp3) is 0.481. The normalized spacial score (nSPS) is 17.9. The first-order valence-corrected chi connectivity index (χ1v) is 15.0. The van der Waals surface area contributed by atoms with E-state index in [1.165, 1.54) is 6.07 Å². The van der Waals surface area contributed by atoms with Crippen LogP contribution in [0, 0.1) is 5.92 Å². The Balaban J connectivity index is 1.45. The predicted molar refractivity (Wildman–Crippen MR) is 147 cm³/mol.